The zero-order valence-corrected chi connectivity index (χ0v) is 18.7. The molecule has 0 unspecified atom stereocenters. The van der Waals surface area contributed by atoms with Gasteiger partial charge in [-0.15, -0.1) is 0 Å². The van der Waals surface area contributed by atoms with Crippen molar-refractivity contribution in [2.45, 2.75) is 51.6 Å². The number of nitrogens with one attached hydrogen (secondary N) is 2. The van der Waals surface area contributed by atoms with Crippen LogP contribution in [0.15, 0.2) is 29.3 Å². The minimum Gasteiger partial charge on any atom is -0.381 e. The molecule has 0 bridgehead atoms. The minimum absolute atomic E-state index is 0.672. The summed E-state index contributed by atoms with van der Waals surface area (Å²) in [6, 6.07) is 8.76. The zero-order chi connectivity index (χ0) is 20.9. The molecule has 2 heterocycles. The Morgan fingerprint density at radius 3 is 2.63 bits per heavy atom. The molecule has 0 aliphatic carbocycles. The van der Waals surface area contributed by atoms with Crippen molar-refractivity contribution in [3.63, 3.8) is 0 Å². The lowest BCUT2D eigenvalue weighted by Crippen LogP contribution is -2.38. The number of hydrogen-bond donors (Lipinski definition) is 2. The first-order valence-electron chi connectivity index (χ1n) is 11.7. The van der Waals surface area contributed by atoms with Crippen LogP contribution in [-0.2, 0) is 22.6 Å². The largest absolute Gasteiger partial charge is 0.381 e. The van der Waals surface area contributed by atoms with Gasteiger partial charge in [-0.05, 0) is 62.2 Å². The van der Waals surface area contributed by atoms with Gasteiger partial charge in [0, 0.05) is 53.1 Å². The number of hydrogen-bond acceptors (Lipinski definition) is 4. The van der Waals surface area contributed by atoms with Crippen LogP contribution in [0.4, 0.5) is 0 Å². The summed E-state index contributed by atoms with van der Waals surface area (Å²) in [5.74, 6) is 1.53. The average molecular weight is 417 g/mol. The van der Waals surface area contributed by atoms with Gasteiger partial charge >= 0.3 is 0 Å². The van der Waals surface area contributed by atoms with Gasteiger partial charge in [0.25, 0.3) is 0 Å². The number of benzene rings is 1. The van der Waals surface area contributed by atoms with Crippen LogP contribution in [0.1, 0.15) is 49.7 Å². The second kappa shape index (κ2) is 13.6. The molecule has 6 nitrogen and oxygen atoms in total. The molecule has 0 amide bonds. The molecular weight excluding hydrogens is 376 g/mol. The van der Waals surface area contributed by atoms with Crippen LogP contribution in [0.2, 0.25) is 0 Å². The number of aliphatic imine (C=N–C) groups is 1. The van der Waals surface area contributed by atoms with E-state index in [-0.39, 0.29) is 0 Å². The van der Waals surface area contributed by atoms with E-state index < -0.39 is 0 Å². The highest BCUT2D eigenvalue weighted by Crippen LogP contribution is 2.16. The lowest BCUT2D eigenvalue weighted by Gasteiger charge is -2.27. The van der Waals surface area contributed by atoms with Crippen molar-refractivity contribution >= 4 is 5.96 Å². The highest BCUT2D eigenvalue weighted by molar-refractivity contribution is 5.79. The third kappa shape index (κ3) is 8.25. The maximum absolute atomic E-state index is 5.85. The minimum atomic E-state index is 0.672. The number of guanidine groups is 1. The molecule has 3 rings (SSSR count). The van der Waals surface area contributed by atoms with Crippen molar-refractivity contribution in [2.75, 3.05) is 53.1 Å². The van der Waals surface area contributed by atoms with Gasteiger partial charge in [0.05, 0.1) is 0 Å². The average Bonchev–Trinajstić information content (AvgIpc) is 2.80. The normalized spacial score (nSPS) is 19.0. The van der Waals surface area contributed by atoms with Crippen LogP contribution in [0.25, 0.3) is 0 Å². The van der Waals surface area contributed by atoms with E-state index >= 15 is 0 Å². The van der Waals surface area contributed by atoms with E-state index in [1.165, 1.54) is 43.5 Å². The van der Waals surface area contributed by atoms with E-state index in [9.17, 15) is 0 Å². The van der Waals surface area contributed by atoms with Crippen molar-refractivity contribution in [1.29, 1.82) is 0 Å². The molecule has 2 saturated heterocycles. The summed E-state index contributed by atoms with van der Waals surface area (Å²) in [6.07, 6.45) is 7.28. The van der Waals surface area contributed by atoms with E-state index in [0.717, 1.165) is 71.3 Å². The van der Waals surface area contributed by atoms with Gasteiger partial charge in [-0.25, -0.2) is 0 Å². The van der Waals surface area contributed by atoms with Crippen LogP contribution in [0.3, 0.4) is 0 Å². The highest BCUT2D eigenvalue weighted by Gasteiger charge is 2.14. The first-order valence-corrected chi connectivity index (χ1v) is 11.7. The van der Waals surface area contributed by atoms with Crippen LogP contribution in [-0.4, -0.2) is 64.0 Å². The third-order valence-electron chi connectivity index (χ3n) is 6.08. The molecular formula is C24H40N4O2. The quantitative estimate of drug-likeness (QED) is 0.349. The lowest BCUT2D eigenvalue weighted by atomic mass is 10.0. The number of ether oxygens (including phenoxy) is 2. The van der Waals surface area contributed by atoms with Crippen LogP contribution in [0.5, 0.6) is 0 Å². The molecule has 1 aromatic carbocycles. The Hall–Kier alpha value is -1.63. The number of likely N-dealkylation sites (tertiary alicyclic amines) is 1. The predicted molar refractivity (Wildman–Crippen MR) is 123 cm³/mol. The van der Waals surface area contributed by atoms with E-state index in [1.807, 2.05) is 7.05 Å². The van der Waals surface area contributed by atoms with E-state index in [0.29, 0.717) is 5.92 Å². The molecule has 2 aliphatic heterocycles. The first kappa shape index (κ1) is 23.0. The fraction of sp³-hybridized carbons (Fsp3) is 0.708. The molecule has 2 N–H and O–H groups in total. The van der Waals surface area contributed by atoms with Crippen molar-refractivity contribution < 1.29 is 9.47 Å². The molecule has 6 heteroatoms. The number of piperidine rings is 1. The predicted octanol–water partition coefficient (Wildman–Crippen LogP) is 3.17. The maximum Gasteiger partial charge on any atom is 0.191 e. The fourth-order valence-electron chi connectivity index (χ4n) is 4.19. The Balaban J connectivity index is 1.33. The Bertz CT molecular complexity index is 625. The van der Waals surface area contributed by atoms with Gasteiger partial charge in [0.2, 0.25) is 0 Å². The number of nitrogens with zero attached hydrogens (tertiary/aromatic N) is 2. The summed E-state index contributed by atoms with van der Waals surface area (Å²) in [7, 11) is 1.83. The highest BCUT2D eigenvalue weighted by atomic mass is 16.5. The first-order chi connectivity index (χ1) is 14.8. The molecule has 0 saturated carbocycles. The third-order valence-corrected chi connectivity index (χ3v) is 6.08. The zero-order valence-electron chi connectivity index (χ0n) is 18.7. The van der Waals surface area contributed by atoms with Crippen LogP contribution in [0, 0.1) is 5.92 Å². The fourth-order valence-corrected chi connectivity index (χ4v) is 4.19. The molecule has 30 heavy (non-hydrogen) atoms. The van der Waals surface area contributed by atoms with Gasteiger partial charge in [-0.1, -0.05) is 30.7 Å². The smallest absolute Gasteiger partial charge is 0.191 e. The summed E-state index contributed by atoms with van der Waals surface area (Å²) in [5, 5.41) is 6.88. The van der Waals surface area contributed by atoms with E-state index in [4.69, 9.17) is 9.47 Å². The van der Waals surface area contributed by atoms with Gasteiger partial charge in [0.1, 0.15) is 0 Å². The van der Waals surface area contributed by atoms with E-state index in [1.54, 1.807) is 0 Å². The van der Waals surface area contributed by atoms with Crippen LogP contribution >= 0.6 is 0 Å². The van der Waals surface area contributed by atoms with Gasteiger partial charge in [-0.2, -0.15) is 0 Å². The second-order valence-electron chi connectivity index (χ2n) is 8.44. The summed E-state index contributed by atoms with van der Waals surface area (Å²) in [4.78, 5) is 6.95. The van der Waals surface area contributed by atoms with E-state index in [2.05, 4.69) is 44.8 Å². The summed E-state index contributed by atoms with van der Waals surface area (Å²) < 4.78 is 11.2. The summed E-state index contributed by atoms with van der Waals surface area (Å²) in [6.45, 7) is 8.59. The molecule has 0 radical (unpaired) electrons. The lowest BCUT2D eigenvalue weighted by molar-refractivity contribution is 0.0203. The van der Waals surface area contributed by atoms with Crippen molar-refractivity contribution in [2.24, 2.45) is 10.9 Å². The Labute approximate surface area is 182 Å². The van der Waals surface area contributed by atoms with Crippen molar-refractivity contribution in [3.8, 4) is 0 Å². The second-order valence-corrected chi connectivity index (χ2v) is 8.44. The van der Waals surface area contributed by atoms with Gasteiger partial charge < -0.3 is 20.1 Å². The Kier molecular flexibility index (Phi) is 10.5. The summed E-state index contributed by atoms with van der Waals surface area (Å²) >= 11 is 0. The van der Waals surface area contributed by atoms with Crippen molar-refractivity contribution in [3.05, 3.63) is 35.4 Å². The molecule has 0 atom stereocenters. The van der Waals surface area contributed by atoms with Gasteiger partial charge in [-0.3, -0.25) is 9.89 Å². The maximum atomic E-state index is 5.85. The van der Waals surface area contributed by atoms with Gasteiger partial charge in [0.15, 0.2) is 5.96 Å². The molecule has 1 aromatic rings. The molecule has 2 fully saturated rings. The molecule has 0 aromatic heterocycles. The molecule has 168 valence electrons. The topological polar surface area (TPSA) is 58.1 Å². The summed E-state index contributed by atoms with van der Waals surface area (Å²) in [5.41, 5.74) is 2.77. The molecule has 2 aliphatic rings. The number of rotatable bonds is 10. The SMILES string of the molecule is CN=C(NCCCOCC1CCOCC1)NCc1ccccc1CN1CCCCC1. The Morgan fingerprint density at radius 1 is 1.10 bits per heavy atom. The Morgan fingerprint density at radius 2 is 1.87 bits per heavy atom. The molecule has 0 spiro atoms. The monoisotopic (exact) mass is 416 g/mol. The standard InChI is InChI=1S/C24H40N4O2/c1-25-24(26-12-7-15-30-20-21-10-16-29-17-11-21)27-18-22-8-3-4-9-23(22)19-28-13-5-2-6-14-28/h3-4,8-9,21H,2,5-7,10-20H2,1H3,(H2,25,26,27). The van der Waals surface area contributed by atoms with Crippen LogP contribution < -0.4 is 10.6 Å². The van der Waals surface area contributed by atoms with Crippen molar-refractivity contribution in [1.82, 2.24) is 15.5 Å².